The molecule has 84 valence electrons. The molecule has 1 rings (SSSR count). The molecule has 0 aliphatic carbocycles. The molecule has 0 aliphatic heterocycles. The van der Waals surface area contributed by atoms with E-state index in [1.807, 2.05) is 30.3 Å². The molecule has 0 saturated heterocycles. The summed E-state index contributed by atoms with van der Waals surface area (Å²) in [5.41, 5.74) is 1.08. The average Bonchev–Trinajstić information content (AvgIpc) is 2.31. The number of carbonyl (C=O) groups excluding carboxylic acids is 1. The molecule has 0 saturated carbocycles. The van der Waals surface area contributed by atoms with E-state index in [9.17, 15) is 4.79 Å². The molecule has 0 spiro atoms. The Morgan fingerprint density at radius 1 is 1.38 bits per heavy atom. The van der Waals surface area contributed by atoms with Gasteiger partial charge in [-0.2, -0.15) is 0 Å². The SMILES string of the molecule is C#CCC(=O)C(c1ccccc1)C(C)CC. The molecule has 0 heterocycles. The molecular formula is C15H18O. The molecule has 1 aromatic rings. The molecule has 1 aromatic carbocycles. The summed E-state index contributed by atoms with van der Waals surface area (Å²) in [7, 11) is 0. The summed E-state index contributed by atoms with van der Waals surface area (Å²) in [6.07, 6.45) is 6.42. The molecule has 0 N–H and O–H groups in total. The number of hydrogen-bond acceptors (Lipinski definition) is 1. The summed E-state index contributed by atoms with van der Waals surface area (Å²) in [5, 5.41) is 0. The van der Waals surface area contributed by atoms with Crippen molar-refractivity contribution in [3.63, 3.8) is 0 Å². The molecule has 2 unspecified atom stereocenters. The van der Waals surface area contributed by atoms with Gasteiger partial charge in [-0.25, -0.2) is 0 Å². The first kappa shape index (κ1) is 12.5. The van der Waals surface area contributed by atoms with Gasteiger partial charge in [-0.3, -0.25) is 4.79 Å². The normalized spacial score (nSPS) is 13.8. The predicted molar refractivity (Wildman–Crippen MR) is 67.1 cm³/mol. The first-order chi connectivity index (χ1) is 7.70. The van der Waals surface area contributed by atoms with E-state index in [0.29, 0.717) is 5.92 Å². The van der Waals surface area contributed by atoms with Gasteiger partial charge in [0.05, 0.1) is 6.42 Å². The van der Waals surface area contributed by atoms with Crippen molar-refractivity contribution >= 4 is 5.78 Å². The van der Waals surface area contributed by atoms with Crippen LogP contribution in [0.3, 0.4) is 0 Å². The van der Waals surface area contributed by atoms with Crippen LogP contribution in [-0.2, 0) is 4.79 Å². The molecule has 0 aliphatic rings. The fourth-order valence-corrected chi connectivity index (χ4v) is 1.94. The quantitative estimate of drug-likeness (QED) is 0.686. The van der Waals surface area contributed by atoms with Crippen LogP contribution in [0.5, 0.6) is 0 Å². The Morgan fingerprint density at radius 3 is 2.50 bits per heavy atom. The van der Waals surface area contributed by atoms with E-state index in [4.69, 9.17) is 6.42 Å². The van der Waals surface area contributed by atoms with Crippen molar-refractivity contribution in [1.82, 2.24) is 0 Å². The van der Waals surface area contributed by atoms with Crippen LogP contribution in [0.1, 0.15) is 38.2 Å². The van der Waals surface area contributed by atoms with E-state index in [1.165, 1.54) is 0 Å². The monoisotopic (exact) mass is 214 g/mol. The molecule has 0 amide bonds. The smallest absolute Gasteiger partial charge is 0.152 e. The van der Waals surface area contributed by atoms with E-state index >= 15 is 0 Å². The van der Waals surface area contributed by atoms with Gasteiger partial charge in [0.1, 0.15) is 0 Å². The standard InChI is InChI=1S/C15H18O/c1-4-9-14(16)15(12(3)5-2)13-10-7-6-8-11-13/h1,6-8,10-12,15H,5,9H2,2-3H3. The first-order valence-corrected chi connectivity index (χ1v) is 5.71. The number of hydrogen-bond donors (Lipinski definition) is 0. The minimum atomic E-state index is -0.0535. The van der Waals surface area contributed by atoms with Crippen LogP contribution in [0.4, 0.5) is 0 Å². The van der Waals surface area contributed by atoms with Crippen LogP contribution < -0.4 is 0 Å². The van der Waals surface area contributed by atoms with E-state index in [0.717, 1.165) is 12.0 Å². The molecule has 1 nitrogen and oxygen atoms in total. The second-order valence-electron chi connectivity index (χ2n) is 4.12. The third-order valence-corrected chi connectivity index (χ3v) is 2.99. The van der Waals surface area contributed by atoms with Crippen LogP contribution in [0.15, 0.2) is 30.3 Å². The minimum Gasteiger partial charge on any atom is -0.298 e. The van der Waals surface area contributed by atoms with Crippen LogP contribution in [0.25, 0.3) is 0 Å². The maximum Gasteiger partial charge on any atom is 0.152 e. The van der Waals surface area contributed by atoms with Gasteiger partial charge in [0, 0.05) is 5.92 Å². The van der Waals surface area contributed by atoms with Gasteiger partial charge >= 0.3 is 0 Å². The number of carbonyl (C=O) groups is 1. The Bertz CT molecular complexity index is 372. The lowest BCUT2D eigenvalue weighted by molar-refractivity contribution is -0.120. The van der Waals surface area contributed by atoms with Gasteiger partial charge in [0.15, 0.2) is 5.78 Å². The number of terminal acetylenes is 1. The second-order valence-corrected chi connectivity index (χ2v) is 4.12. The van der Waals surface area contributed by atoms with E-state index in [2.05, 4.69) is 19.8 Å². The van der Waals surface area contributed by atoms with Crippen molar-refractivity contribution in [3.05, 3.63) is 35.9 Å². The molecule has 0 radical (unpaired) electrons. The van der Waals surface area contributed by atoms with Crippen LogP contribution in [-0.4, -0.2) is 5.78 Å². The number of Topliss-reactive ketones (excluding diaryl/α,β-unsaturated/α-hetero) is 1. The fraction of sp³-hybridized carbons (Fsp3) is 0.400. The van der Waals surface area contributed by atoms with Crippen molar-refractivity contribution in [3.8, 4) is 12.3 Å². The lowest BCUT2D eigenvalue weighted by atomic mass is 9.81. The highest BCUT2D eigenvalue weighted by molar-refractivity contribution is 5.87. The number of rotatable bonds is 5. The largest absolute Gasteiger partial charge is 0.298 e. The summed E-state index contributed by atoms with van der Waals surface area (Å²) in [5.74, 6) is 2.89. The zero-order chi connectivity index (χ0) is 12.0. The predicted octanol–water partition coefficient (Wildman–Crippen LogP) is 3.41. The molecule has 2 atom stereocenters. The zero-order valence-corrected chi connectivity index (χ0v) is 9.94. The molecule has 0 aromatic heterocycles. The molecule has 0 bridgehead atoms. The van der Waals surface area contributed by atoms with E-state index < -0.39 is 0 Å². The van der Waals surface area contributed by atoms with Crippen molar-refractivity contribution in [2.24, 2.45) is 5.92 Å². The summed E-state index contributed by atoms with van der Waals surface area (Å²) in [6, 6.07) is 9.90. The Morgan fingerprint density at radius 2 is 2.00 bits per heavy atom. The Labute approximate surface area is 97.9 Å². The number of ketones is 1. The molecule has 16 heavy (non-hydrogen) atoms. The number of benzene rings is 1. The van der Waals surface area contributed by atoms with Crippen molar-refractivity contribution in [2.45, 2.75) is 32.6 Å². The molecular weight excluding hydrogens is 196 g/mol. The first-order valence-electron chi connectivity index (χ1n) is 5.71. The lowest BCUT2D eigenvalue weighted by Crippen LogP contribution is -2.19. The third-order valence-electron chi connectivity index (χ3n) is 2.99. The fourth-order valence-electron chi connectivity index (χ4n) is 1.94. The van der Waals surface area contributed by atoms with Gasteiger partial charge in [-0.1, -0.05) is 56.5 Å². The van der Waals surface area contributed by atoms with Crippen molar-refractivity contribution in [2.75, 3.05) is 0 Å². The van der Waals surface area contributed by atoms with Gasteiger partial charge in [-0.05, 0) is 11.5 Å². The topological polar surface area (TPSA) is 17.1 Å². The van der Waals surface area contributed by atoms with Crippen molar-refractivity contribution in [1.29, 1.82) is 0 Å². The average molecular weight is 214 g/mol. The maximum atomic E-state index is 12.0. The highest BCUT2D eigenvalue weighted by Gasteiger charge is 2.24. The van der Waals surface area contributed by atoms with Gasteiger partial charge in [-0.15, -0.1) is 6.42 Å². The van der Waals surface area contributed by atoms with E-state index in [1.54, 1.807) is 0 Å². The Kier molecular flexibility index (Phi) is 4.79. The second kappa shape index (κ2) is 6.12. The van der Waals surface area contributed by atoms with Crippen molar-refractivity contribution < 1.29 is 4.79 Å². The van der Waals surface area contributed by atoms with Crippen LogP contribution >= 0.6 is 0 Å². The zero-order valence-electron chi connectivity index (χ0n) is 9.94. The summed E-state index contributed by atoms with van der Waals surface area (Å²) in [4.78, 5) is 12.0. The van der Waals surface area contributed by atoms with Gasteiger partial charge in [0.25, 0.3) is 0 Å². The maximum absolute atomic E-state index is 12.0. The summed E-state index contributed by atoms with van der Waals surface area (Å²) in [6.45, 7) is 4.20. The van der Waals surface area contributed by atoms with Gasteiger partial charge in [0.2, 0.25) is 0 Å². The van der Waals surface area contributed by atoms with E-state index in [-0.39, 0.29) is 18.1 Å². The Balaban J connectivity index is 2.97. The molecule has 0 fully saturated rings. The lowest BCUT2D eigenvalue weighted by Gasteiger charge is -2.21. The van der Waals surface area contributed by atoms with Crippen LogP contribution in [0.2, 0.25) is 0 Å². The highest BCUT2D eigenvalue weighted by Crippen LogP contribution is 2.28. The third kappa shape index (κ3) is 2.97. The van der Waals surface area contributed by atoms with Gasteiger partial charge < -0.3 is 0 Å². The molecule has 1 heteroatoms. The summed E-state index contributed by atoms with van der Waals surface area (Å²) < 4.78 is 0. The minimum absolute atomic E-state index is 0.0535. The van der Waals surface area contributed by atoms with Crippen LogP contribution in [0, 0.1) is 18.3 Å². The Hall–Kier alpha value is -1.55. The highest BCUT2D eigenvalue weighted by atomic mass is 16.1. The summed E-state index contributed by atoms with van der Waals surface area (Å²) >= 11 is 0.